The van der Waals surface area contributed by atoms with Crippen LogP contribution in [0.4, 0.5) is 0 Å². The summed E-state index contributed by atoms with van der Waals surface area (Å²) in [7, 11) is -0.681. The maximum absolute atomic E-state index is 12.4. The number of nitrogens with one attached hydrogen (secondary N) is 1. The van der Waals surface area contributed by atoms with Crippen molar-refractivity contribution in [3.05, 3.63) is 59.7 Å². The van der Waals surface area contributed by atoms with E-state index in [4.69, 9.17) is 4.74 Å². The number of rotatable bonds is 7. The van der Waals surface area contributed by atoms with Gasteiger partial charge in [-0.1, -0.05) is 24.3 Å². The number of para-hydroxylation sites is 1. The highest BCUT2D eigenvalue weighted by atomic mass is 32.2. The van der Waals surface area contributed by atoms with Gasteiger partial charge in [0, 0.05) is 19.7 Å². The average molecular weight is 376 g/mol. The minimum Gasteiger partial charge on any atom is -0.491 e. The Bertz CT molecular complexity index is 879. The number of hydrogen-bond acceptors (Lipinski definition) is 4. The van der Waals surface area contributed by atoms with Crippen molar-refractivity contribution in [1.82, 2.24) is 9.62 Å². The third-order valence-corrected chi connectivity index (χ3v) is 5.65. The Morgan fingerprint density at radius 3 is 2.50 bits per heavy atom. The van der Waals surface area contributed by atoms with Crippen molar-refractivity contribution in [1.29, 1.82) is 0 Å². The van der Waals surface area contributed by atoms with E-state index in [1.54, 1.807) is 12.1 Å². The minimum absolute atomic E-state index is 0.0824. The molecule has 0 aliphatic carbocycles. The molecule has 140 valence electrons. The van der Waals surface area contributed by atoms with Gasteiger partial charge in [-0.25, -0.2) is 12.7 Å². The van der Waals surface area contributed by atoms with Crippen molar-refractivity contribution in [2.24, 2.45) is 0 Å². The molecule has 0 radical (unpaired) electrons. The summed E-state index contributed by atoms with van der Waals surface area (Å²) in [6.07, 6.45) is 0. The van der Waals surface area contributed by atoms with Crippen LogP contribution < -0.4 is 10.1 Å². The quantitative estimate of drug-likeness (QED) is 0.805. The Balaban J connectivity index is 2.02. The van der Waals surface area contributed by atoms with E-state index in [9.17, 15) is 13.2 Å². The molecule has 0 aliphatic rings. The molecular formula is C19H24N2O4S. The van der Waals surface area contributed by atoms with E-state index >= 15 is 0 Å². The molecule has 7 heteroatoms. The summed E-state index contributed by atoms with van der Waals surface area (Å²) in [6.45, 7) is 4.10. The number of carbonyl (C=O) groups excluding carboxylic acids is 1. The fourth-order valence-corrected chi connectivity index (χ4v) is 3.24. The Morgan fingerprint density at radius 1 is 1.15 bits per heavy atom. The zero-order chi connectivity index (χ0) is 19.3. The summed E-state index contributed by atoms with van der Waals surface area (Å²) in [5.74, 6) is 0.425. The molecule has 26 heavy (non-hydrogen) atoms. The van der Waals surface area contributed by atoms with Crippen molar-refractivity contribution in [2.45, 2.75) is 24.8 Å². The van der Waals surface area contributed by atoms with Crippen LogP contribution in [0.5, 0.6) is 5.75 Å². The SMILES string of the molecule is Cc1ccccc1OC[C@@H](C)NC(=O)c1cccc(S(=O)(=O)N(C)C)c1. The molecule has 0 aromatic heterocycles. The first kappa shape index (κ1) is 19.9. The van der Waals surface area contributed by atoms with Crippen molar-refractivity contribution in [3.8, 4) is 5.75 Å². The molecule has 2 rings (SSSR count). The van der Waals surface area contributed by atoms with Crippen LogP contribution in [0.15, 0.2) is 53.4 Å². The summed E-state index contributed by atoms with van der Waals surface area (Å²) in [6, 6.07) is 13.4. The molecule has 1 atom stereocenters. The summed E-state index contributed by atoms with van der Waals surface area (Å²) in [4.78, 5) is 12.5. The van der Waals surface area contributed by atoms with Gasteiger partial charge in [0.1, 0.15) is 12.4 Å². The van der Waals surface area contributed by atoms with Gasteiger partial charge in [0.05, 0.1) is 10.9 Å². The Morgan fingerprint density at radius 2 is 1.85 bits per heavy atom. The molecule has 0 aliphatic heterocycles. The molecule has 0 heterocycles. The summed E-state index contributed by atoms with van der Waals surface area (Å²) in [5.41, 5.74) is 1.31. The molecule has 0 unspecified atom stereocenters. The van der Waals surface area contributed by atoms with Gasteiger partial charge >= 0.3 is 0 Å². The number of benzene rings is 2. The van der Waals surface area contributed by atoms with E-state index < -0.39 is 10.0 Å². The zero-order valence-corrected chi connectivity index (χ0v) is 16.2. The second-order valence-electron chi connectivity index (χ2n) is 6.27. The number of amides is 1. The van der Waals surface area contributed by atoms with Crippen molar-refractivity contribution >= 4 is 15.9 Å². The lowest BCUT2D eigenvalue weighted by molar-refractivity contribution is 0.0926. The van der Waals surface area contributed by atoms with Crippen LogP contribution in [-0.4, -0.2) is 45.4 Å². The molecule has 0 saturated carbocycles. The van der Waals surface area contributed by atoms with Gasteiger partial charge in [0.2, 0.25) is 10.0 Å². The lowest BCUT2D eigenvalue weighted by Gasteiger charge is -2.17. The lowest BCUT2D eigenvalue weighted by atomic mass is 10.2. The molecule has 0 bridgehead atoms. The Labute approximate surface area is 154 Å². The van der Waals surface area contributed by atoms with E-state index in [-0.39, 0.29) is 22.4 Å². The van der Waals surface area contributed by atoms with Gasteiger partial charge in [-0.3, -0.25) is 4.79 Å². The minimum atomic E-state index is -3.58. The molecule has 0 fully saturated rings. The number of hydrogen-bond donors (Lipinski definition) is 1. The highest BCUT2D eigenvalue weighted by Crippen LogP contribution is 2.17. The van der Waals surface area contributed by atoms with Crippen LogP contribution in [0.2, 0.25) is 0 Å². The maximum atomic E-state index is 12.4. The highest BCUT2D eigenvalue weighted by molar-refractivity contribution is 7.89. The number of nitrogens with zero attached hydrogens (tertiary/aromatic N) is 1. The molecule has 6 nitrogen and oxygen atoms in total. The van der Waals surface area contributed by atoms with Gasteiger partial charge in [-0.2, -0.15) is 0 Å². The van der Waals surface area contributed by atoms with E-state index in [0.717, 1.165) is 15.6 Å². The summed E-state index contributed by atoms with van der Waals surface area (Å²) < 4.78 is 31.2. The fourth-order valence-electron chi connectivity index (χ4n) is 2.29. The maximum Gasteiger partial charge on any atom is 0.251 e. The second kappa shape index (κ2) is 8.33. The van der Waals surface area contributed by atoms with Crippen LogP contribution >= 0.6 is 0 Å². The monoisotopic (exact) mass is 376 g/mol. The van der Waals surface area contributed by atoms with E-state index in [0.29, 0.717) is 6.61 Å². The number of ether oxygens (including phenoxy) is 1. The zero-order valence-electron chi connectivity index (χ0n) is 15.4. The van der Waals surface area contributed by atoms with Gasteiger partial charge < -0.3 is 10.1 Å². The predicted molar refractivity (Wildman–Crippen MR) is 101 cm³/mol. The number of sulfonamides is 1. The molecule has 1 amide bonds. The molecule has 1 N–H and O–H groups in total. The molecule has 2 aromatic carbocycles. The second-order valence-corrected chi connectivity index (χ2v) is 8.42. The normalized spacial score (nSPS) is 12.7. The molecule has 2 aromatic rings. The molecule has 0 spiro atoms. The summed E-state index contributed by atoms with van der Waals surface area (Å²) >= 11 is 0. The van der Waals surface area contributed by atoms with E-state index in [2.05, 4.69) is 5.32 Å². The van der Waals surface area contributed by atoms with Crippen molar-refractivity contribution < 1.29 is 17.9 Å². The van der Waals surface area contributed by atoms with Crippen LogP contribution in [0, 0.1) is 6.92 Å². The first-order chi connectivity index (χ1) is 12.2. The van der Waals surface area contributed by atoms with E-state index in [1.807, 2.05) is 38.1 Å². The average Bonchev–Trinajstić information content (AvgIpc) is 2.61. The standard InChI is InChI=1S/C19H24N2O4S/c1-14-8-5-6-11-18(14)25-13-15(2)20-19(22)16-9-7-10-17(12-16)26(23,24)21(3)4/h5-12,15H,13H2,1-4H3,(H,20,22)/t15-/m1/s1. The molecule has 0 saturated heterocycles. The highest BCUT2D eigenvalue weighted by Gasteiger charge is 2.19. The smallest absolute Gasteiger partial charge is 0.251 e. The topological polar surface area (TPSA) is 75.7 Å². The van der Waals surface area contributed by atoms with Gasteiger partial charge in [0.15, 0.2) is 0 Å². The summed E-state index contributed by atoms with van der Waals surface area (Å²) in [5, 5.41) is 2.82. The third kappa shape index (κ3) is 4.83. The lowest BCUT2D eigenvalue weighted by Crippen LogP contribution is -2.37. The predicted octanol–water partition coefficient (Wildman–Crippen LogP) is 2.44. The van der Waals surface area contributed by atoms with Gasteiger partial charge in [-0.05, 0) is 43.7 Å². The van der Waals surface area contributed by atoms with Crippen LogP contribution in [0.1, 0.15) is 22.8 Å². The first-order valence-corrected chi connectivity index (χ1v) is 9.67. The number of carbonyl (C=O) groups is 1. The first-order valence-electron chi connectivity index (χ1n) is 8.23. The van der Waals surface area contributed by atoms with Crippen LogP contribution in [-0.2, 0) is 10.0 Å². The van der Waals surface area contributed by atoms with E-state index in [1.165, 1.54) is 26.2 Å². The van der Waals surface area contributed by atoms with Gasteiger partial charge in [0.25, 0.3) is 5.91 Å². The van der Waals surface area contributed by atoms with Gasteiger partial charge in [-0.15, -0.1) is 0 Å². The Hall–Kier alpha value is -2.38. The number of aryl methyl sites for hydroxylation is 1. The van der Waals surface area contributed by atoms with Crippen molar-refractivity contribution in [2.75, 3.05) is 20.7 Å². The van der Waals surface area contributed by atoms with Crippen molar-refractivity contribution in [3.63, 3.8) is 0 Å². The van der Waals surface area contributed by atoms with Crippen LogP contribution in [0.3, 0.4) is 0 Å². The fraction of sp³-hybridized carbons (Fsp3) is 0.316. The molecular weight excluding hydrogens is 352 g/mol. The third-order valence-electron chi connectivity index (χ3n) is 3.83. The Kier molecular flexibility index (Phi) is 6.39. The largest absolute Gasteiger partial charge is 0.491 e. The van der Waals surface area contributed by atoms with Crippen LogP contribution in [0.25, 0.3) is 0 Å².